The topological polar surface area (TPSA) is 74.7 Å². The van der Waals surface area contributed by atoms with Crippen LogP contribution in [0.5, 0.6) is 5.88 Å². The number of aryl methyl sites for hydroxylation is 1. The second-order valence-electron chi connectivity index (χ2n) is 8.77. The summed E-state index contributed by atoms with van der Waals surface area (Å²) in [4.78, 5) is 19.3. The molecule has 0 bridgehead atoms. The Labute approximate surface area is 178 Å². The number of carbonyl (C=O) groups excluding carboxylic acids is 1. The lowest BCUT2D eigenvalue weighted by molar-refractivity contribution is -0.129. The van der Waals surface area contributed by atoms with Gasteiger partial charge in [0, 0.05) is 49.6 Å². The van der Waals surface area contributed by atoms with Crippen molar-refractivity contribution in [2.75, 3.05) is 31.1 Å². The highest BCUT2D eigenvalue weighted by atomic mass is 16.5. The van der Waals surface area contributed by atoms with Gasteiger partial charge in [-0.1, -0.05) is 31.2 Å². The predicted octanol–water partition coefficient (Wildman–Crippen LogP) is 3.03. The largest absolute Gasteiger partial charge is 0.473 e. The van der Waals surface area contributed by atoms with Gasteiger partial charge in [0.1, 0.15) is 6.61 Å². The number of nitrogens with zero attached hydrogens (tertiary/aromatic N) is 2. The normalized spacial score (nSPS) is 24.3. The van der Waals surface area contributed by atoms with Crippen molar-refractivity contribution in [2.24, 2.45) is 11.3 Å². The summed E-state index contributed by atoms with van der Waals surface area (Å²) < 4.78 is 5.97. The van der Waals surface area contributed by atoms with Gasteiger partial charge in [0.05, 0.1) is 5.41 Å². The molecule has 1 aromatic heterocycles. The van der Waals surface area contributed by atoms with Gasteiger partial charge in [0.25, 0.3) is 0 Å². The van der Waals surface area contributed by atoms with Gasteiger partial charge in [0.2, 0.25) is 11.8 Å². The first-order chi connectivity index (χ1) is 14.4. The minimum atomic E-state index is -0.606. The van der Waals surface area contributed by atoms with Crippen molar-refractivity contribution in [3.05, 3.63) is 53.2 Å². The van der Waals surface area contributed by atoms with Crippen molar-refractivity contribution in [1.29, 1.82) is 0 Å². The van der Waals surface area contributed by atoms with Gasteiger partial charge in [-0.05, 0) is 43.4 Å². The van der Waals surface area contributed by atoms with E-state index in [0.29, 0.717) is 19.0 Å². The smallest absolute Gasteiger partial charge is 0.226 e. The van der Waals surface area contributed by atoms with Crippen molar-refractivity contribution < 1.29 is 14.6 Å². The Morgan fingerprint density at radius 3 is 2.67 bits per heavy atom. The zero-order valence-corrected chi connectivity index (χ0v) is 18.0. The molecule has 1 aromatic carbocycles. The summed E-state index contributed by atoms with van der Waals surface area (Å²) in [5.74, 6) is 0.598. The van der Waals surface area contributed by atoms with Gasteiger partial charge in [-0.25, -0.2) is 4.98 Å². The molecule has 2 aliphatic heterocycles. The number of carbonyl (C=O) groups is 1. The Hall–Kier alpha value is -2.60. The molecule has 160 valence electrons. The minimum Gasteiger partial charge on any atom is -0.473 e. The molecule has 6 nitrogen and oxygen atoms in total. The third kappa shape index (κ3) is 3.76. The zero-order valence-electron chi connectivity index (χ0n) is 18.0. The van der Waals surface area contributed by atoms with Gasteiger partial charge in [-0.2, -0.15) is 0 Å². The first-order valence-corrected chi connectivity index (χ1v) is 10.8. The molecule has 3 atom stereocenters. The summed E-state index contributed by atoms with van der Waals surface area (Å²) in [5.41, 5.74) is 3.67. The Bertz CT molecular complexity index is 910. The molecule has 6 heteroatoms. The van der Waals surface area contributed by atoms with E-state index >= 15 is 0 Å². The SMILES string of the molecule is Cc1cc(N2CCC2)cc(OCc2ccc(C(C)[C@@]3(C)C(=O)NC[C@@H]3CO)cc2)n1. The van der Waals surface area contributed by atoms with Crippen LogP contribution in [0.2, 0.25) is 0 Å². The lowest BCUT2D eigenvalue weighted by Gasteiger charge is -2.34. The first kappa shape index (κ1) is 20.7. The maximum atomic E-state index is 12.5. The van der Waals surface area contributed by atoms with Crippen LogP contribution in [-0.4, -0.2) is 42.2 Å². The summed E-state index contributed by atoms with van der Waals surface area (Å²) in [7, 11) is 0. The van der Waals surface area contributed by atoms with Crippen LogP contribution in [-0.2, 0) is 11.4 Å². The molecule has 4 rings (SSSR count). The lowest BCUT2D eigenvalue weighted by Crippen LogP contribution is -2.38. The van der Waals surface area contributed by atoms with E-state index in [4.69, 9.17) is 4.74 Å². The molecule has 2 N–H and O–H groups in total. The molecule has 2 aliphatic rings. The third-order valence-electron chi connectivity index (χ3n) is 6.97. The number of rotatable bonds is 7. The van der Waals surface area contributed by atoms with Crippen LogP contribution in [0.1, 0.15) is 43.0 Å². The standard InChI is InChI=1S/C24H31N3O3/c1-16-11-21(27-9-4-10-27)12-22(26-16)30-15-18-5-7-19(8-6-18)17(2)24(3)20(14-28)13-25-23(24)29/h5-8,11-12,17,20,28H,4,9-10,13-15H2,1-3H3,(H,25,29)/t17?,20-,24-/m1/s1. The second-order valence-corrected chi connectivity index (χ2v) is 8.77. The number of aromatic nitrogens is 1. The van der Waals surface area contributed by atoms with Crippen LogP contribution < -0.4 is 15.0 Å². The number of benzene rings is 1. The Balaban J connectivity index is 1.43. The van der Waals surface area contributed by atoms with Crippen LogP contribution in [0, 0.1) is 18.3 Å². The predicted molar refractivity (Wildman–Crippen MR) is 117 cm³/mol. The minimum absolute atomic E-state index is 0.00430. The summed E-state index contributed by atoms with van der Waals surface area (Å²) >= 11 is 0. The number of nitrogens with one attached hydrogen (secondary N) is 1. The average molecular weight is 410 g/mol. The van der Waals surface area contributed by atoms with Crippen LogP contribution in [0.25, 0.3) is 0 Å². The molecule has 0 saturated carbocycles. The van der Waals surface area contributed by atoms with Crippen LogP contribution >= 0.6 is 0 Å². The summed E-state index contributed by atoms with van der Waals surface area (Å²) in [6.07, 6.45) is 1.24. The van der Waals surface area contributed by atoms with E-state index < -0.39 is 5.41 Å². The number of pyridine rings is 1. The van der Waals surface area contributed by atoms with E-state index in [0.717, 1.165) is 29.9 Å². The Morgan fingerprint density at radius 2 is 2.03 bits per heavy atom. The molecule has 3 heterocycles. The highest BCUT2D eigenvalue weighted by molar-refractivity contribution is 5.86. The van der Waals surface area contributed by atoms with Gasteiger partial charge >= 0.3 is 0 Å². The Morgan fingerprint density at radius 1 is 1.30 bits per heavy atom. The van der Waals surface area contributed by atoms with E-state index in [-0.39, 0.29) is 24.3 Å². The maximum Gasteiger partial charge on any atom is 0.226 e. The van der Waals surface area contributed by atoms with Crippen molar-refractivity contribution in [3.8, 4) is 5.88 Å². The number of aliphatic hydroxyl groups excluding tert-OH is 1. The van der Waals surface area contributed by atoms with E-state index in [2.05, 4.69) is 40.3 Å². The monoisotopic (exact) mass is 409 g/mol. The van der Waals surface area contributed by atoms with E-state index in [1.165, 1.54) is 12.1 Å². The Kier molecular flexibility index (Phi) is 5.69. The first-order valence-electron chi connectivity index (χ1n) is 10.8. The number of hydrogen-bond acceptors (Lipinski definition) is 5. The highest BCUT2D eigenvalue weighted by Gasteiger charge is 2.50. The average Bonchev–Trinajstić information content (AvgIpc) is 2.99. The van der Waals surface area contributed by atoms with Crippen LogP contribution in [0.3, 0.4) is 0 Å². The molecule has 1 unspecified atom stereocenters. The maximum absolute atomic E-state index is 12.5. The number of aliphatic hydroxyl groups is 1. The quantitative estimate of drug-likeness (QED) is 0.735. The second kappa shape index (κ2) is 8.26. The third-order valence-corrected chi connectivity index (χ3v) is 6.97. The zero-order chi connectivity index (χ0) is 21.3. The molecule has 2 aromatic rings. The number of ether oxygens (including phenoxy) is 1. The van der Waals surface area contributed by atoms with Gasteiger partial charge in [0.15, 0.2) is 0 Å². The molecule has 2 fully saturated rings. The van der Waals surface area contributed by atoms with Crippen LogP contribution in [0.4, 0.5) is 5.69 Å². The van der Waals surface area contributed by atoms with Crippen molar-refractivity contribution in [2.45, 2.75) is 39.7 Å². The van der Waals surface area contributed by atoms with E-state index in [1.807, 2.05) is 32.0 Å². The van der Waals surface area contributed by atoms with Crippen molar-refractivity contribution in [3.63, 3.8) is 0 Å². The molecule has 0 radical (unpaired) electrons. The number of hydrogen-bond donors (Lipinski definition) is 2. The van der Waals surface area contributed by atoms with Gasteiger partial charge in [-0.3, -0.25) is 4.79 Å². The summed E-state index contributed by atoms with van der Waals surface area (Å²) in [6, 6.07) is 12.3. The highest BCUT2D eigenvalue weighted by Crippen LogP contribution is 2.44. The van der Waals surface area contributed by atoms with Crippen molar-refractivity contribution in [1.82, 2.24) is 10.3 Å². The fraction of sp³-hybridized carbons (Fsp3) is 0.500. The number of anilines is 1. The summed E-state index contributed by atoms with van der Waals surface area (Å²) in [6.45, 7) is 9.18. The summed E-state index contributed by atoms with van der Waals surface area (Å²) in [5, 5.41) is 12.6. The van der Waals surface area contributed by atoms with Gasteiger partial charge in [-0.15, -0.1) is 0 Å². The van der Waals surface area contributed by atoms with E-state index in [9.17, 15) is 9.90 Å². The molecule has 30 heavy (non-hydrogen) atoms. The lowest BCUT2D eigenvalue weighted by atomic mass is 9.68. The fourth-order valence-corrected chi connectivity index (χ4v) is 4.47. The molecule has 0 aliphatic carbocycles. The number of amides is 1. The molecular formula is C24H31N3O3. The van der Waals surface area contributed by atoms with E-state index in [1.54, 1.807) is 0 Å². The van der Waals surface area contributed by atoms with Gasteiger partial charge < -0.3 is 20.1 Å². The van der Waals surface area contributed by atoms with Crippen LogP contribution in [0.15, 0.2) is 36.4 Å². The molecule has 1 amide bonds. The molecule has 2 saturated heterocycles. The molecule has 0 spiro atoms. The fourth-order valence-electron chi connectivity index (χ4n) is 4.47. The molecular weight excluding hydrogens is 378 g/mol. The van der Waals surface area contributed by atoms with Crippen molar-refractivity contribution >= 4 is 11.6 Å².